The lowest BCUT2D eigenvalue weighted by Gasteiger charge is -2.15. The van der Waals surface area contributed by atoms with Crippen LogP contribution in [0.2, 0.25) is 0 Å². The summed E-state index contributed by atoms with van der Waals surface area (Å²) in [6.45, 7) is 2.02. The molecule has 0 spiro atoms. The van der Waals surface area contributed by atoms with Gasteiger partial charge in [0.15, 0.2) is 0 Å². The Morgan fingerprint density at radius 3 is 2.67 bits per heavy atom. The van der Waals surface area contributed by atoms with Crippen molar-refractivity contribution in [2.24, 2.45) is 0 Å². The lowest BCUT2D eigenvalue weighted by atomic mass is 10.2. The predicted molar refractivity (Wildman–Crippen MR) is 97.9 cm³/mol. The molecule has 3 aromatic heterocycles. The first-order valence-corrected chi connectivity index (χ1v) is 8.36. The molecule has 0 saturated heterocycles. The second kappa shape index (κ2) is 8.17. The molecule has 1 atom stereocenters. The molecule has 1 N–H and O–H groups in total. The van der Waals surface area contributed by atoms with Gasteiger partial charge in [0.2, 0.25) is 5.91 Å². The van der Waals surface area contributed by atoms with Gasteiger partial charge in [-0.3, -0.25) is 19.4 Å². The zero-order chi connectivity index (χ0) is 19.2. The third kappa shape index (κ3) is 4.32. The molecule has 3 aromatic rings. The summed E-state index contributed by atoms with van der Waals surface area (Å²) in [5, 5.41) is 10.9. The van der Waals surface area contributed by atoms with Crippen LogP contribution in [0.3, 0.4) is 0 Å². The van der Waals surface area contributed by atoms with Gasteiger partial charge >= 0.3 is 0 Å². The van der Waals surface area contributed by atoms with E-state index in [1.54, 1.807) is 37.5 Å². The Hall–Kier alpha value is -3.62. The van der Waals surface area contributed by atoms with Crippen LogP contribution in [-0.4, -0.2) is 37.0 Å². The molecule has 27 heavy (non-hydrogen) atoms. The quantitative estimate of drug-likeness (QED) is 0.669. The van der Waals surface area contributed by atoms with Crippen molar-refractivity contribution >= 4 is 5.91 Å². The van der Waals surface area contributed by atoms with Gasteiger partial charge in [-0.05, 0) is 31.2 Å². The number of carbonyl (C=O) groups excluding carboxylic acids is 1. The van der Waals surface area contributed by atoms with Crippen LogP contribution in [0, 0.1) is 0 Å². The van der Waals surface area contributed by atoms with Crippen molar-refractivity contribution in [3.8, 4) is 11.3 Å². The lowest BCUT2D eigenvalue weighted by Crippen LogP contribution is -2.39. The first kappa shape index (κ1) is 18.2. The van der Waals surface area contributed by atoms with Gasteiger partial charge in [-0.1, -0.05) is 0 Å². The third-order valence-corrected chi connectivity index (χ3v) is 3.94. The molecule has 0 bridgehead atoms. The first-order chi connectivity index (χ1) is 13.1. The van der Waals surface area contributed by atoms with Crippen molar-refractivity contribution in [2.75, 3.05) is 6.54 Å². The zero-order valence-corrected chi connectivity index (χ0v) is 14.6. The lowest BCUT2D eigenvalue weighted by molar-refractivity contribution is -0.124. The highest BCUT2D eigenvalue weighted by atomic mass is 16.2. The van der Waals surface area contributed by atoms with Crippen LogP contribution in [-0.2, 0) is 11.3 Å². The highest BCUT2D eigenvalue weighted by Gasteiger charge is 2.17. The molecule has 3 rings (SSSR count). The molecule has 1 amide bonds. The van der Waals surface area contributed by atoms with E-state index in [-0.39, 0.29) is 30.1 Å². The van der Waals surface area contributed by atoms with E-state index in [9.17, 15) is 14.4 Å². The summed E-state index contributed by atoms with van der Waals surface area (Å²) in [6, 6.07) is 8.68. The second-order valence-corrected chi connectivity index (χ2v) is 5.80. The molecule has 138 valence electrons. The van der Waals surface area contributed by atoms with Gasteiger partial charge in [-0.2, -0.15) is 10.2 Å². The van der Waals surface area contributed by atoms with E-state index >= 15 is 0 Å². The van der Waals surface area contributed by atoms with Gasteiger partial charge in [-0.25, -0.2) is 9.36 Å². The third-order valence-electron chi connectivity index (χ3n) is 3.94. The van der Waals surface area contributed by atoms with E-state index in [1.165, 1.54) is 23.0 Å². The van der Waals surface area contributed by atoms with Crippen molar-refractivity contribution < 1.29 is 4.79 Å². The number of carbonyl (C=O) groups is 1. The molecule has 0 saturated carbocycles. The molecule has 3 heterocycles. The highest BCUT2D eigenvalue weighted by Crippen LogP contribution is 2.14. The van der Waals surface area contributed by atoms with Gasteiger partial charge in [0.05, 0.1) is 12.2 Å². The maximum atomic E-state index is 12.4. The average Bonchev–Trinajstić information content (AvgIpc) is 2.70. The van der Waals surface area contributed by atoms with Crippen LogP contribution < -0.4 is 16.4 Å². The van der Waals surface area contributed by atoms with Crippen LogP contribution in [0.1, 0.15) is 13.0 Å². The van der Waals surface area contributed by atoms with Crippen molar-refractivity contribution in [2.45, 2.75) is 19.5 Å². The Morgan fingerprint density at radius 1 is 1.11 bits per heavy atom. The Balaban J connectivity index is 1.70. The van der Waals surface area contributed by atoms with Gasteiger partial charge in [0.25, 0.3) is 11.1 Å². The van der Waals surface area contributed by atoms with E-state index in [0.29, 0.717) is 5.69 Å². The molecule has 0 aromatic carbocycles. The molecule has 0 fully saturated rings. The standard InChI is InChI=1S/C18H18N6O3/c1-13(18(27)20-10-11-23-16(25)5-3-9-21-23)24-17(26)7-6-15(22-24)14-4-2-8-19-12-14/h2-9,12-13H,10-11H2,1H3,(H,20,27). The highest BCUT2D eigenvalue weighted by molar-refractivity contribution is 5.79. The molecular weight excluding hydrogens is 348 g/mol. The zero-order valence-electron chi connectivity index (χ0n) is 14.6. The summed E-state index contributed by atoms with van der Waals surface area (Å²) >= 11 is 0. The van der Waals surface area contributed by atoms with E-state index < -0.39 is 6.04 Å². The molecule has 0 aliphatic heterocycles. The Kier molecular flexibility index (Phi) is 5.50. The minimum Gasteiger partial charge on any atom is -0.352 e. The second-order valence-electron chi connectivity index (χ2n) is 5.80. The topological polar surface area (TPSA) is 112 Å². The molecule has 9 heteroatoms. The Labute approximate surface area is 154 Å². The Morgan fingerprint density at radius 2 is 1.93 bits per heavy atom. The maximum Gasteiger partial charge on any atom is 0.267 e. The molecule has 1 unspecified atom stereocenters. The number of hydrogen-bond acceptors (Lipinski definition) is 6. The minimum absolute atomic E-state index is 0.205. The SMILES string of the molecule is CC(C(=O)NCCn1ncccc1=O)n1nc(-c2cccnc2)ccc1=O. The van der Waals surface area contributed by atoms with Gasteiger partial charge in [0, 0.05) is 42.8 Å². The van der Waals surface area contributed by atoms with Crippen LogP contribution >= 0.6 is 0 Å². The van der Waals surface area contributed by atoms with E-state index in [2.05, 4.69) is 20.5 Å². The van der Waals surface area contributed by atoms with Crippen LogP contribution in [0.4, 0.5) is 0 Å². The maximum absolute atomic E-state index is 12.4. The summed E-state index contributed by atoms with van der Waals surface area (Å²) in [5.74, 6) is -0.378. The average molecular weight is 366 g/mol. The van der Waals surface area contributed by atoms with Crippen molar-refractivity contribution in [3.63, 3.8) is 0 Å². The molecule has 0 aliphatic carbocycles. The first-order valence-electron chi connectivity index (χ1n) is 8.36. The van der Waals surface area contributed by atoms with E-state index in [0.717, 1.165) is 10.2 Å². The molecule has 0 radical (unpaired) electrons. The van der Waals surface area contributed by atoms with Gasteiger partial charge < -0.3 is 5.32 Å². The smallest absolute Gasteiger partial charge is 0.267 e. The number of pyridine rings is 1. The van der Waals surface area contributed by atoms with Crippen LogP contribution in [0.15, 0.2) is 64.6 Å². The number of nitrogens with zero attached hydrogens (tertiary/aromatic N) is 5. The van der Waals surface area contributed by atoms with Crippen molar-refractivity contribution in [3.05, 3.63) is 75.7 Å². The molecule has 0 aliphatic rings. The molecule has 9 nitrogen and oxygen atoms in total. The van der Waals surface area contributed by atoms with Crippen molar-refractivity contribution in [1.29, 1.82) is 0 Å². The van der Waals surface area contributed by atoms with Crippen LogP contribution in [0.5, 0.6) is 0 Å². The largest absolute Gasteiger partial charge is 0.352 e. The van der Waals surface area contributed by atoms with E-state index in [4.69, 9.17) is 0 Å². The fraction of sp³-hybridized carbons (Fsp3) is 0.222. The Bertz CT molecular complexity index is 1040. The fourth-order valence-corrected chi connectivity index (χ4v) is 2.47. The number of hydrogen-bond donors (Lipinski definition) is 1. The molecular formula is C18H18N6O3. The van der Waals surface area contributed by atoms with Gasteiger partial charge in [0.1, 0.15) is 6.04 Å². The summed E-state index contributed by atoms with van der Waals surface area (Å²) < 4.78 is 2.38. The monoisotopic (exact) mass is 366 g/mol. The minimum atomic E-state index is -0.811. The number of rotatable bonds is 6. The summed E-state index contributed by atoms with van der Waals surface area (Å²) in [6.07, 6.45) is 4.77. The fourth-order valence-electron chi connectivity index (χ4n) is 2.47. The predicted octanol–water partition coefficient (Wildman–Crippen LogP) is 0.239. The van der Waals surface area contributed by atoms with Crippen molar-refractivity contribution in [1.82, 2.24) is 29.9 Å². The summed E-state index contributed by atoms with van der Waals surface area (Å²) in [7, 11) is 0. The van der Waals surface area contributed by atoms with Gasteiger partial charge in [-0.15, -0.1) is 0 Å². The summed E-state index contributed by atoms with van der Waals surface area (Å²) in [5.41, 5.74) is 0.656. The van der Waals surface area contributed by atoms with Crippen LogP contribution in [0.25, 0.3) is 11.3 Å². The number of aromatic nitrogens is 5. The normalized spacial score (nSPS) is 11.7. The number of amides is 1. The summed E-state index contributed by atoms with van der Waals surface area (Å²) in [4.78, 5) is 40.1. The van der Waals surface area contributed by atoms with E-state index in [1.807, 2.05) is 6.07 Å². The number of nitrogens with one attached hydrogen (secondary N) is 1.